The van der Waals surface area contributed by atoms with Crippen molar-refractivity contribution in [2.24, 2.45) is 0 Å². The predicted molar refractivity (Wildman–Crippen MR) is 96.2 cm³/mol. The fourth-order valence-corrected chi connectivity index (χ4v) is 3.60. The highest BCUT2D eigenvalue weighted by molar-refractivity contribution is 5.87. The largest absolute Gasteiger partial charge is 0.358 e. The monoisotopic (exact) mass is 346 g/mol. The summed E-state index contributed by atoms with van der Waals surface area (Å²) in [4.78, 5) is 18.7. The second-order valence-corrected chi connectivity index (χ2v) is 6.64. The predicted octanol–water partition coefficient (Wildman–Crippen LogP) is 2.87. The first-order valence-electron chi connectivity index (χ1n) is 8.68. The van der Waals surface area contributed by atoms with Crippen molar-refractivity contribution in [3.63, 3.8) is 0 Å². The smallest absolute Gasteiger partial charge is 0.241 e. The number of nitrogens with one attached hydrogen (secondary N) is 1. The van der Waals surface area contributed by atoms with E-state index in [1.54, 1.807) is 18.6 Å². The average Bonchev–Trinajstić information content (AvgIpc) is 3.28. The number of para-hydroxylation sites is 1. The summed E-state index contributed by atoms with van der Waals surface area (Å²) in [5.74, 6) is 1.08. The maximum absolute atomic E-state index is 5.42. The highest BCUT2D eigenvalue weighted by Gasteiger charge is 2.23. The van der Waals surface area contributed by atoms with Crippen molar-refractivity contribution in [1.29, 1.82) is 0 Å². The minimum absolute atomic E-state index is 0.480. The van der Waals surface area contributed by atoms with E-state index in [2.05, 4.69) is 55.1 Å². The van der Waals surface area contributed by atoms with Crippen LogP contribution in [-0.4, -0.2) is 36.5 Å². The van der Waals surface area contributed by atoms with E-state index < -0.39 is 0 Å². The summed E-state index contributed by atoms with van der Waals surface area (Å²) in [5, 5.41) is 5.34. The van der Waals surface area contributed by atoms with Gasteiger partial charge in [0.1, 0.15) is 5.69 Å². The van der Waals surface area contributed by atoms with Crippen LogP contribution in [0.25, 0.3) is 22.4 Å². The second kappa shape index (κ2) is 6.03. The van der Waals surface area contributed by atoms with Gasteiger partial charge in [-0.25, -0.2) is 4.98 Å². The molecule has 0 spiro atoms. The van der Waals surface area contributed by atoms with Gasteiger partial charge in [0, 0.05) is 48.5 Å². The van der Waals surface area contributed by atoms with E-state index in [4.69, 9.17) is 4.52 Å². The molecule has 0 bridgehead atoms. The number of rotatable bonds is 3. The SMILES string of the molecule is Cc1cccc2c3c([nH]c12)CCN(Cc1nc(-c2cnccn2)no1)C3. The molecule has 3 aromatic heterocycles. The van der Waals surface area contributed by atoms with Crippen LogP contribution in [0, 0.1) is 6.92 Å². The molecule has 7 nitrogen and oxygen atoms in total. The Balaban J connectivity index is 1.38. The van der Waals surface area contributed by atoms with E-state index in [0.717, 1.165) is 19.5 Å². The maximum atomic E-state index is 5.42. The summed E-state index contributed by atoms with van der Waals surface area (Å²) in [7, 11) is 0. The summed E-state index contributed by atoms with van der Waals surface area (Å²) >= 11 is 0. The third kappa shape index (κ3) is 2.57. The minimum Gasteiger partial charge on any atom is -0.358 e. The highest BCUT2D eigenvalue weighted by Crippen LogP contribution is 2.30. The molecule has 1 aromatic carbocycles. The summed E-state index contributed by atoms with van der Waals surface area (Å²) in [5.41, 5.74) is 5.88. The fraction of sp³-hybridized carbons (Fsp3) is 0.263. The van der Waals surface area contributed by atoms with Crippen molar-refractivity contribution in [3.8, 4) is 11.5 Å². The number of benzene rings is 1. The van der Waals surface area contributed by atoms with Crippen molar-refractivity contribution in [2.75, 3.05) is 6.54 Å². The molecule has 0 aliphatic carbocycles. The minimum atomic E-state index is 0.480. The molecule has 1 N–H and O–H groups in total. The van der Waals surface area contributed by atoms with Gasteiger partial charge in [-0.15, -0.1) is 0 Å². The molecule has 0 saturated carbocycles. The molecular formula is C19H18N6O. The van der Waals surface area contributed by atoms with Gasteiger partial charge in [-0.05, 0) is 18.1 Å². The van der Waals surface area contributed by atoms with Gasteiger partial charge in [-0.2, -0.15) is 4.98 Å². The Morgan fingerprint density at radius 1 is 1.27 bits per heavy atom. The van der Waals surface area contributed by atoms with Gasteiger partial charge in [-0.3, -0.25) is 9.88 Å². The molecule has 0 amide bonds. The van der Waals surface area contributed by atoms with Crippen molar-refractivity contribution in [3.05, 3.63) is 59.5 Å². The molecule has 4 heterocycles. The molecule has 4 aromatic rings. The van der Waals surface area contributed by atoms with Crippen molar-refractivity contribution in [1.82, 2.24) is 30.0 Å². The summed E-state index contributed by atoms with van der Waals surface area (Å²) in [6, 6.07) is 6.46. The molecule has 0 radical (unpaired) electrons. The van der Waals surface area contributed by atoms with E-state index in [0.29, 0.717) is 24.0 Å². The first kappa shape index (κ1) is 15.2. The van der Waals surface area contributed by atoms with Crippen LogP contribution in [-0.2, 0) is 19.5 Å². The zero-order valence-corrected chi connectivity index (χ0v) is 14.4. The maximum Gasteiger partial charge on any atom is 0.241 e. The van der Waals surface area contributed by atoms with Crippen molar-refractivity contribution in [2.45, 2.75) is 26.4 Å². The number of aromatic nitrogens is 5. The molecule has 0 unspecified atom stereocenters. The van der Waals surface area contributed by atoms with Crippen molar-refractivity contribution >= 4 is 10.9 Å². The van der Waals surface area contributed by atoms with Gasteiger partial charge < -0.3 is 9.51 Å². The van der Waals surface area contributed by atoms with E-state index in [9.17, 15) is 0 Å². The lowest BCUT2D eigenvalue weighted by atomic mass is 10.0. The van der Waals surface area contributed by atoms with Crippen molar-refractivity contribution < 1.29 is 4.52 Å². The van der Waals surface area contributed by atoms with Gasteiger partial charge >= 0.3 is 0 Å². The summed E-state index contributed by atoms with van der Waals surface area (Å²) in [6.45, 7) is 4.61. The molecule has 0 saturated heterocycles. The van der Waals surface area contributed by atoms with E-state index in [1.165, 1.54) is 27.7 Å². The van der Waals surface area contributed by atoms with Crippen LogP contribution in [0.1, 0.15) is 22.7 Å². The Bertz CT molecular complexity index is 1070. The molecule has 1 aliphatic heterocycles. The lowest BCUT2D eigenvalue weighted by molar-refractivity contribution is 0.210. The number of aryl methyl sites for hydroxylation is 1. The van der Waals surface area contributed by atoms with Crippen LogP contribution in [0.5, 0.6) is 0 Å². The zero-order valence-electron chi connectivity index (χ0n) is 14.4. The van der Waals surface area contributed by atoms with Gasteiger partial charge in [0.15, 0.2) is 0 Å². The number of H-pyrrole nitrogens is 1. The third-order valence-electron chi connectivity index (χ3n) is 4.92. The molecular weight excluding hydrogens is 328 g/mol. The topological polar surface area (TPSA) is 83.7 Å². The molecule has 0 atom stereocenters. The highest BCUT2D eigenvalue weighted by atomic mass is 16.5. The summed E-state index contributed by atoms with van der Waals surface area (Å²) in [6.07, 6.45) is 5.87. The van der Waals surface area contributed by atoms with E-state index in [-0.39, 0.29) is 0 Å². The number of fused-ring (bicyclic) bond motifs is 3. The normalized spacial score (nSPS) is 14.7. The molecule has 7 heteroatoms. The van der Waals surface area contributed by atoms with Crippen LogP contribution >= 0.6 is 0 Å². The lowest BCUT2D eigenvalue weighted by Crippen LogP contribution is -2.29. The Morgan fingerprint density at radius 3 is 3.12 bits per heavy atom. The van der Waals surface area contributed by atoms with Gasteiger partial charge in [-0.1, -0.05) is 23.4 Å². The average molecular weight is 346 g/mol. The first-order chi connectivity index (χ1) is 12.8. The Hall–Kier alpha value is -3.06. The Labute approximate surface area is 150 Å². The van der Waals surface area contributed by atoms with E-state index >= 15 is 0 Å². The van der Waals surface area contributed by atoms with Gasteiger partial charge in [0.2, 0.25) is 11.7 Å². The number of hydrogen-bond donors (Lipinski definition) is 1. The van der Waals surface area contributed by atoms with Crippen LogP contribution in [0.15, 0.2) is 41.3 Å². The van der Waals surface area contributed by atoms with Crippen LogP contribution in [0.3, 0.4) is 0 Å². The van der Waals surface area contributed by atoms with Gasteiger partial charge in [0.25, 0.3) is 0 Å². The molecule has 0 fully saturated rings. The quantitative estimate of drug-likeness (QED) is 0.614. The van der Waals surface area contributed by atoms with E-state index in [1.807, 2.05) is 0 Å². The molecule has 1 aliphatic rings. The van der Waals surface area contributed by atoms with Crippen LogP contribution < -0.4 is 0 Å². The number of nitrogens with zero attached hydrogens (tertiary/aromatic N) is 5. The first-order valence-corrected chi connectivity index (χ1v) is 8.68. The Kier molecular flexibility index (Phi) is 3.53. The molecule has 130 valence electrons. The van der Waals surface area contributed by atoms with Crippen LogP contribution in [0.4, 0.5) is 0 Å². The number of aromatic amines is 1. The van der Waals surface area contributed by atoms with Gasteiger partial charge in [0.05, 0.1) is 12.7 Å². The third-order valence-corrected chi connectivity index (χ3v) is 4.92. The lowest BCUT2D eigenvalue weighted by Gasteiger charge is -2.25. The second-order valence-electron chi connectivity index (χ2n) is 6.64. The zero-order chi connectivity index (χ0) is 17.5. The Morgan fingerprint density at radius 2 is 2.23 bits per heavy atom. The number of hydrogen-bond acceptors (Lipinski definition) is 6. The fourth-order valence-electron chi connectivity index (χ4n) is 3.60. The van der Waals surface area contributed by atoms with Crippen LogP contribution in [0.2, 0.25) is 0 Å². The molecule has 5 rings (SSSR count). The molecule has 26 heavy (non-hydrogen) atoms. The summed E-state index contributed by atoms with van der Waals surface area (Å²) < 4.78 is 5.42. The standard InChI is InChI=1S/C19H18N6O/c1-12-3-2-4-13-14-10-25(8-5-15(14)22-18(12)13)11-17-23-19(24-26-17)16-9-20-6-7-21-16/h2-4,6-7,9,22H,5,8,10-11H2,1H3.